The van der Waals surface area contributed by atoms with E-state index >= 15 is 0 Å². The number of nitrogens with one attached hydrogen (secondary N) is 1. The minimum atomic E-state index is -0.542. The number of amides is 1. The maximum Gasteiger partial charge on any atom is 0.410 e. The molecule has 2 unspecified atom stereocenters. The average Bonchev–Trinajstić information content (AvgIpc) is 3.22. The van der Waals surface area contributed by atoms with Gasteiger partial charge in [-0.1, -0.05) is 52.7 Å². The maximum atomic E-state index is 12.8. The fourth-order valence-electron chi connectivity index (χ4n) is 3.92. The van der Waals surface area contributed by atoms with E-state index in [1.807, 2.05) is 32.9 Å². The van der Waals surface area contributed by atoms with Crippen molar-refractivity contribution in [2.75, 3.05) is 6.54 Å². The van der Waals surface area contributed by atoms with Crippen molar-refractivity contribution in [3.05, 3.63) is 51.8 Å². The van der Waals surface area contributed by atoms with Gasteiger partial charge in [-0.05, 0) is 62.1 Å². The van der Waals surface area contributed by atoms with E-state index in [-0.39, 0.29) is 12.1 Å². The number of benzene rings is 2. The lowest BCUT2D eigenvalue weighted by atomic mass is 10.1. The maximum absolute atomic E-state index is 12.8. The van der Waals surface area contributed by atoms with E-state index in [4.69, 9.17) is 16.3 Å². The van der Waals surface area contributed by atoms with Gasteiger partial charge in [-0.15, -0.1) is 0 Å². The highest BCUT2D eigenvalue weighted by Gasteiger charge is 2.38. The van der Waals surface area contributed by atoms with Crippen LogP contribution in [0.5, 0.6) is 0 Å². The van der Waals surface area contributed by atoms with Gasteiger partial charge in [0.15, 0.2) is 5.15 Å². The SMILES string of the molecule is CC1CC(c2nc(Cl)c(-c3ccc4cc(Br)ccc4c3)[nH]2)N(C(=O)OC(C)(C)C)C1. The first-order valence-electron chi connectivity index (χ1n) is 10.1. The third kappa shape index (κ3) is 4.35. The van der Waals surface area contributed by atoms with Gasteiger partial charge >= 0.3 is 6.09 Å². The summed E-state index contributed by atoms with van der Waals surface area (Å²) in [6.45, 7) is 8.39. The number of aromatic nitrogens is 2. The lowest BCUT2D eigenvalue weighted by Gasteiger charge is -2.27. The molecule has 5 nitrogen and oxygen atoms in total. The fraction of sp³-hybridized carbons (Fsp3) is 0.391. The van der Waals surface area contributed by atoms with Gasteiger partial charge in [-0.25, -0.2) is 9.78 Å². The predicted molar refractivity (Wildman–Crippen MR) is 124 cm³/mol. The molecule has 2 heterocycles. The predicted octanol–water partition coefficient (Wildman–Crippen LogP) is 6.96. The molecule has 0 bridgehead atoms. The quantitative estimate of drug-likeness (QED) is 0.422. The molecule has 0 aliphatic carbocycles. The summed E-state index contributed by atoms with van der Waals surface area (Å²) in [5, 5.41) is 2.67. The molecule has 2 atom stereocenters. The molecular formula is C23H25BrClN3O2. The summed E-state index contributed by atoms with van der Waals surface area (Å²) in [5.74, 6) is 1.05. The molecule has 1 saturated heterocycles. The number of likely N-dealkylation sites (tertiary alicyclic amines) is 1. The molecule has 3 aromatic rings. The van der Waals surface area contributed by atoms with Crippen LogP contribution in [-0.4, -0.2) is 33.1 Å². The first-order valence-corrected chi connectivity index (χ1v) is 11.2. The average molecular weight is 491 g/mol. The Morgan fingerprint density at radius 1 is 1.23 bits per heavy atom. The number of hydrogen-bond acceptors (Lipinski definition) is 3. The van der Waals surface area contributed by atoms with Gasteiger partial charge in [-0.2, -0.15) is 0 Å². The molecule has 30 heavy (non-hydrogen) atoms. The molecule has 1 N–H and O–H groups in total. The molecule has 1 aromatic heterocycles. The summed E-state index contributed by atoms with van der Waals surface area (Å²) in [5.41, 5.74) is 1.18. The molecule has 0 radical (unpaired) electrons. The monoisotopic (exact) mass is 489 g/mol. The highest BCUT2D eigenvalue weighted by atomic mass is 79.9. The van der Waals surface area contributed by atoms with Crippen molar-refractivity contribution < 1.29 is 9.53 Å². The third-order valence-corrected chi connectivity index (χ3v) is 5.99. The Kier molecular flexibility index (Phi) is 5.58. The second-order valence-electron chi connectivity index (χ2n) is 8.98. The van der Waals surface area contributed by atoms with Gasteiger partial charge in [0.1, 0.15) is 11.4 Å². The number of carbonyl (C=O) groups is 1. The minimum Gasteiger partial charge on any atom is -0.444 e. The number of halogens is 2. The Balaban J connectivity index is 1.66. The summed E-state index contributed by atoms with van der Waals surface area (Å²) < 4.78 is 6.65. The lowest BCUT2D eigenvalue weighted by Crippen LogP contribution is -2.37. The van der Waals surface area contributed by atoms with E-state index in [0.29, 0.717) is 23.4 Å². The zero-order valence-electron chi connectivity index (χ0n) is 17.5. The van der Waals surface area contributed by atoms with Gasteiger partial charge in [0, 0.05) is 16.6 Å². The van der Waals surface area contributed by atoms with Crippen molar-refractivity contribution in [1.82, 2.24) is 14.9 Å². The molecule has 158 valence electrons. The Labute approximate surface area is 189 Å². The van der Waals surface area contributed by atoms with Crippen molar-refractivity contribution in [1.29, 1.82) is 0 Å². The Bertz CT molecular complexity index is 1110. The lowest BCUT2D eigenvalue weighted by molar-refractivity contribution is 0.0214. The standard InChI is InChI=1S/C23H25BrClN3O2/c1-13-9-18(28(12-13)22(29)30-23(2,3)4)21-26-19(20(25)27-21)16-6-5-15-11-17(24)8-7-14(15)10-16/h5-8,10-11,13,18H,9,12H2,1-4H3,(H,26,27). The molecule has 1 aliphatic rings. The number of H-pyrrole nitrogens is 1. The van der Waals surface area contributed by atoms with Crippen LogP contribution in [-0.2, 0) is 4.74 Å². The van der Waals surface area contributed by atoms with Gasteiger partial charge < -0.3 is 9.72 Å². The van der Waals surface area contributed by atoms with Crippen LogP contribution in [0.3, 0.4) is 0 Å². The van der Waals surface area contributed by atoms with Crippen LogP contribution >= 0.6 is 27.5 Å². The largest absolute Gasteiger partial charge is 0.444 e. The Morgan fingerprint density at radius 3 is 2.67 bits per heavy atom. The van der Waals surface area contributed by atoms with E-state index in [0.717, 1.165) is 32.9 Å². The van der Waals surface area contributed by atoms with Crippen molar-refractivity contribution in [3.63, 3.8) is 0 Å². The molecule has 0 saturated carbocycles. The summed E-state index contributed by atoms with van der Waals surface area (Å²) in [6, 6.07) is 12.2. The number of hydrogen-bond donors (Lipinski definition) is 1. The first kappa shape index (κ1) is 21.2. The van der Waals surface area contributed by atoms with Crippen LogP contribution in [0.25, 0.3) is 22.0 Å². The van der Waals surface area contributed by atoms with E-state index in [1.54, 1.807) is 4.90 Å². The number of imidazole rings is 1. The Morgan fingerprint density at radius 2 is 1.93 bits per heavy atom. The minimum absolute atomic E-state index is 0.183. The zero-order chi connectivity index (χ0) is 21.6. The molecule has 4 rings (SSSR count). The smallest absolute Gasteiger partial charge is 0.410 e. The summed E-state index contributed by atoms with van der Waals surface area (Å²) in [4.78, 5) is 22.5. The van der Waals surface area contributed by atoms with Gasteiger partial charge in [0.2, 0.25) is 0 Å². The summed E-state index contributed by atoms with van der Waals surface area (Å²) >= 11 is 10.0. The van der Waals surface area contributed by atoms with Crippen LogP contribution in [0.15, 0.2) is 40.9 Å². The Hall–Kier alpha value is -2.05. The van der Waals surface area contributed by atoms with Crippen LogP contribution in [0.1, 0.15) is 46.0 Å². The van der Waals surface area contributed by atoms with Crippen molar-refractivity contribution >= 4 is 44.4 Å². The first-order chi connectivity index (χ1) is 14.1. The highest BCUT2D eigenvalue weighted by molar-refractivity contribution is 9.10. The van der Waals surface area contributed by atoms with Crippen LogP contribution in [0.2, 0.25) is 5.15 Å². The number of ether oxygens (including phenoxy) is 1. The highest BCUT2D eigenvalue weighted by Crippen LogP contribution is 2.38. The number of aromatic amines is 1. The second-order valence-corrected chi connectivity index (χ2v) is 10.3. The summed E-state index contributed by atoms with van der Waals surface area (Å²) in [6.07, 6.45) is 0.496. The van der Waals surface area contributed by atoms with Crippen molar-refractivity contribution in [2.45, 2.75) is 45.8 Å². The van der Waals surface area contributed by atoms with Crippen LogP contribution in [0, 0.1) is 5.92 Å². The van der Waals surface area contributed by atoms with Crippen molar-refractivity contribution in [2.24, 2.45) is 5.92 Å². The molecule has 1 aliphatic heterocycles. The van der Waals surface area contributed by atoms with E-state index in [2.05, 4.69) is 57.1 Å². The molecule has 2 aromatic carbocycles. The van der Waals surface area contributed by atoms with Gasteiger partial charge in [0.05, 0.1) is 11.7 Å². The topological polar surface area (TPSA) is 58.2 Å². The third-order valence-electron chi connectivity index (χ3n) is 5.22. The fourth-order valence-corrected chi connectivity index (χ4v) is 4.54. The number of rotatable bonds is 2. The molecule has 1 fully saturated rings. The van der Waals surface area contributed by atoms with E-state index < -0.39 is 5.60 Å². The van der Waals surface area contributed by atoms with Gasteiger partial charge in [0.25, 0.3) is 0 Å². The normalized spacial score (nSPS) is 19.5. The van der Waals surface area contributed by atoms with Crippen LogP contribution < -0.4 is 0 Å². The van der Waals surface area contributed by atoms with E-state index in [9.17, 15) is 4.79 Å². The zero-order valence-corrected chi connectivity index (χ0v) is 19.8. The van der Waals surface area contributed by atoms with Gasteiger partial charge in [-0.3, -0.25) is 4.90 Å². The molecule has 7 heteroatoms. The molecule has 0 spiro atoms. The van der Waals surface area contributed by atoms with E-state index in [1.165, 1.54) is 0 Å². The summed E-state index contributed by atoms with van der Waals surface area (Å²) in [7, 11) is 0. The molecule has 1 amide bonds. The molecular weight excluding hydrogens is 466 g/mol. The van der Waals surface area contributed by atoms with Crippen molar-refractivity contribution in [3.8, 4) is 11.3 Å². The van der Waals surface area contributed by atoms with Crippen LogP contribution in [0.4, 0.5) is 4.79 Å². The number of fused-ring (bicyclic) bond motifs is 1. The second kappa shape index (κ2) is 7.89. The number of carbonyl (C=O) groups excluding carboxylic acids is 1. The number of nitrogens with zero attached hydrogens (tertiary/aromatic N) is 2.